The summed E-state index contributed by atoms with van der Waals surface area (Å²) >= 11 is 0. The first-order valence-corrected chi connectivity index (χ1v) is 49.5. The van der Waals surface area contributed by atoms with Crippen molar-refractivity contribution >= 4 is 87.8 Å². The van der Waals surface area contributed by atoms with Gasteiger partial charge in [-0.05, 0) is 267 Å². The highest BCUT2D eigenvalue weighted by Crippen LogP contribution is 2.63. The lowest BCUT2D eigenvalue weighted by molar-refractivity contribution is -0.660. The second kappa shape index (κ2) is 32.6. The van der Waals surface area contributed by atoms with Crippen molar-refractivity contribution in [3.63, 3.8) is 0 Å². The van der Waals surface area contributed by atoms with E-state index in [9.17, 15) is 0 Å². The van der Waals surface area contributed by atoms with Crippen molar-refractivity contribution in [3.05, 3.63) is 358 Å². The van der Waals surface area contributed by atoms with Gasteiger partial charge in [0.1, 0.15) is 72.9 Å². The van der Waals surface area contributed by atoms with Crippen molar-refractivity contribution in [3.8, 4) is 89.5 Å². The molecule has 0 N–H and O–H groups in total. The summed E-state index contributed by atoms with van der Waals surface area (Å²) in [5, 5.41) is 9.68. The molecule has 5 aliphatic rings. The van der Waals surface area contributed by atoms with Crippen LogP contribution in [-0.4, -0.2) is 0 Å². The SMILES string of the molecule is Cc1ccc2c(oc3cc4c(cc32)-c2ccccc2C4(CC(C)(C)C)CC(C)(C)C)c1-c1cccc[n+]1C.Cc1ccc2c(oc3cc4c(cc32)-c2ccccc2C4(CC(C)C)CC(C)C)c1-c1cccc[n+]1C.Cc1ccc2c(oc3cc4c(cc32)-c2ccccc2C42CCCC2)c1-c1cccc[n+]1C.Cc1ccc2c(oc3ccc4c(c32)C(C)(C)c2ccccc2-4)c1-c1cccc[n+]1C. The maximum atomic E-state index is 6.84. The Morgan fingerprint density at radius 2 is 0.610 bits per heavy atom. The number of hydrogen-bond acceptors (Lipinski definition) is 4. The lowest BCUT2D eigenvalue weighted by Gasteiger charge is -2.42. The summed E-state index contributed by atoms with van der Waals surface area (Å²) in [4.78, 5) is 0. The van der Waals surface area contributed by atoms with Crippen molar-refractivity contribution in [2.45, 2.75) is 184 Å². The molecule has 5 aliphatic carbocycles. The molecule has 25 rings (SSSR count). The molecule has 0 amide bonds. The number of benzene rings is 12. The van der Waals surface area contributed by atoms with Gasteiger partial charge in [-0.25, -0.2) is 18.3 Å². The predicted molar refractivity (Wildman–Crippen MR) is 562 cm³/mol. The van der Waals surface area contributed by atoms with E-state index in [2.05, 4.69) is 449 Å². The number of nitrogens with zero attached hydrogens (tertiary/aromatic N) is 4. The van der Waals surface area contributed by atoms with Crippen molar-refractivity contribution < 1.29 is 35.9 Å². The lowest BCUT2D eigenvalue weighted by atomic mass is 9.62. The van der Waals surface area contributed by atoms with Crippen LogP contribution in [0.3, 0.4) is 0 Å². The molecule has 8 nitrogen and oxygen atoms in total. The Hall–Kier alpha value is -13.6. The highest BCUT2D eigenvalue weighted by molar-refractivity contribution is 6.17. The zero-order valence-corrected chi connectivity index (χ0v) is 82.9. The Morgan fingerprint density at radius 3 is 1.00 bits per heavy atom. The molecular formula is C128H126N4O4+4. The molecule has 0 saturated heterocycles. The van der Waals surface area contributed by atoms with E-state index in [0.717, 1.165) is 70.3 Å². The number of fused-ring (bicyclic) bond motifs is 27. The van der Waals surface area contributed by atoms with E-state index in [1.165, 1.54) is 225 Å². The van der Waals surface area contributed by atoms with Gasteiger partial charge >= 0.3 is 0 Å². The molecule has 1 spiro atoms. The van der Waals surface area contributed by atoms with E-state index in [1.807, 2.05) is 0 Å². The fourth-order valence-corrected chi connectivity index (χ4v) is 26.0. The number of aryl methyl sites for hydroxylation is 8. The van der Waals surface area contributed by atoms with E-state index in [4.69, 9.17) is 17.7 Å². The molecule has 0 bridgehead atoms. The molecule has 12 aromatic carbocycles. The van der Waals surface area contributed by atoms with Gasteiger partial charge in [0, 0.05) is 113 Å². The van der Waals surface area contributed by atoms with E-state index in [0.29, 0.717) is 11.8 Å². The molecule has 1 fully saturated rings. The highest BCUT2D eigenvalue weighted by Gasteiger charge is 2.50. The second-order valence-corrected chi connectivity index (χ2v) is 44.2. The van der Waals surface area contributed by atoms with Crippen molar-refractivity contribution in [2.24, 2.45) is 50.9 Å². The number of aromatic nitrogens is 4. The maximum absolute atomic E-state index is 6.84. The minimum atomic E-state index is -0.0648. The van der Waals surface area contributed by atoms with Crippen molar-refractivity contribution in [1.29, 1.82) is 0 Å². The zero-order valence-electron chi connectivity index (χ0n) is 82.9. The van der Waals surface area contributed by atoms with Gasteiger partial charge in [0.15, 0.2) is 24.8 Å². The average Bonchev–Trinajstić information content (AvgIpc) is 1.55. The van der Waals surface area contributed by atoms with Gasteiger partial charge in [-0.1, -0.05) is 248 Å². The molecule has 0 aliphatic heterocycles. The van der Waals surface area contributed by atoms with E-state index in [1.54, 1.807) is 0 Å². The van der Waals surface area contributed by atoms with Gasteiger partial charge in [-0.15, -0.1) is 0 Å². The molecule has 1 saturated carbocycles. The van der Waals surface area contributed by atoms with Crippen LogP contribution in [0.5, 0.6) is 0 Å². The molecule has 8 aromatic heterocycles. The Morgan fingerprint density at radius 1 is 0.294 bits per heavy atom. The van der Waals surface area contributed by atoms with Gasteiger partial charge < -0.3 is 17.7 Å². The Bertz CT molecular complexity index is 8260. The van der Waals surface area contributed by atoms with Gasteiger partial charge in [0.05, 0.1) is 22.3 Å². The van der Waals surface area contributed by atoms with Crippen LogP contribution in [-0.2, 0) is 49.9 Å². The quantitative estimate of drug-likeness (QED) is 0.128. The van der Waals surface area contributed by atoms with Gasteiger partial charge in [-0.2, -0.15) is 0 Å². The first-order valence-electron chi connectivity index (χ1n) is 49.5. The molecule has 8 heterocycles. The normalized spacial score (nSPS) is 14.8. The predicted octanol–water partition coefficient (Wildman–Crippen LogP) is 32.2. The molecule has 0 radical (unpaired) electrons. The van der Waals surface area contributed by atoms with Crippen LogP contribution in [0.4, 0.5) is 0 Å². The van der Waals surface area contributed by atoms with Crippen LogP contribution < -0.4 is 18.3 Å². The first kappa shape index (κ1) is 87.8. The van der Waals surface area contributed by atoms with Crippen LogP contribution in [0, 0.1) is 50.4 Å². The van der Waals surface area contributed by atoms with Crippen molar-refractivity contribution in [2.75, 3.05) is 0 Å². The van der Waals surface area contributed by atoms with Gasteiger partial charge in [-0.3, -0.25) is 0 Å². The Kier molecular flexibility index (Phi) is 21.0. The minimum absolute atomic E-state index is 0.0199. The molecule has 20 aromatic rings. The largest absolute Gasteiger partial charge is 0.455 e. The summed E-state index contributed by atoms with van der Waals surface area (Å²) in [6, 6.07) is 98.2. The smallest absolute Gasteiger partial charge is 0.216 e. The average molecular weight is 1780 g/mol. The van der Waals surface area contributed by atoms with Gasteiger partial charge in [0.25, 0.3) is 0 Å². The molecule has 678 valence electrons. The zero-order chi connectivity index (χ0) is 94.3. The highest BCUT2D eigenvalue weighted by atomic mass is 16.3. The van der Waals surface area contributed by atoms with E-state index in [-0.39, 0.29) is 32.5 Å². The third-order valence-electron chi connectivity index (χ3n) is 31.1. The summed E-state index contributed by atoms with van der Waals surface area (Å²) in [6.45, 7) is 37.1. The second-order valence-electron chi connectivity index (χ2n) is 44.2. The number of furan rings is 4. The standard InChI is InChI=1S/C36H40NO.C34H36NO.C30H26NO.C28H24NO/c1-23-16-17-25-27-19-26-24-13-9-10-14-28(24)36(21-34(2,3)4,22-35(5,6)7)29(26)20-31(27)38-33(25)32(23)30-15-11-12-18-37(30)8;1-21(2)19-34(20-22(3)4)28-12-8-7-11-24(28)26-17-27-25-15-14-23(5)32(30-13-9-10-16-35(30)6)33(25)36-31(27)18-29(26)34;1-19-12-13-21-23-17-22-20-9-3-4-10-24(20)30(14-6-7-15-30)25(22)18-27(23)32-29(21)28(19)26-11-5-8-16-31(26)2;1-17-12-13-20-25-23(30-27(20)24(17)22-11-7-8-16-29(22)4)15-14-19-18-9-5-6-10-21(18)28(2,3)26(19)25/h9-20H,21-22H2,1-8H3;7-18,21-22H,19-20H2,1-6H3;3-5,8-13,16-18H,6-7,14-15H2,1-2H3;5-16H,1-4H3/q4*+1. The van der Waals surface area contributed by atoms with Crippen LogP contribution >= 0.6 is 0 Å². The number of hydrogen-bond donors (Lipinski definition) is 0. The van der Waals surface area contributed by atoms with E-state index >= 15 is 0 Å². The third-order valence-corrected chi connectivity index (χ3v) is 31.1. The summed E-state index contributed by atoms with van der Waals surface area (Å²) in [6.07, 6.45) is 18.0. The molecule has 0 unspecified atom stereocenters. The summed E-state index contributed by atoms with van der Waals surface area (Å²) < 4.78 is 35.6. The molecule has 8 heteroatoms. The van der Waals surface area contributed by atoms with Crippen molar-refractivity contribution in [1.82, 2.24) is 0 Å². The maximum Gasteiger partial charge on any atom is 0.216 e. The molecule has 136 heavy (non-hydrogen) atoms. The third kappa shape index (κ3) is 14.0. The minimum Gasteiger partial charge on any atom is -0.455 e. The molecular weight excluding hydrogens is 1660 g/mol. The lowest BCUT2D eigenvalue weighted by Crippen LogP contribution is -2.35. The van der Waals surface area contributed by atoms with Crippen LogP contribution in [0.2, 0.25) is 0 Å². The molecule has 0 atom stereocenters. The summed E-state index contributed by atoms with van der Waals surface area (Å²) in [7, 11) is 8.41. The monoisotopic (exact) mass is 1780 g/mol. The fraction of sp³-hybridized carbons (Fsp3) is 0.281. The summed E-state index contributed by atoms with van der Waals surface area (Å²) in [5.41, 5.74) is 45.3. The summed E-state index contributed by atoms with van der Waals surface area (Å²) in [5.74, 6) is 1.20. The Balaban J connectivity index is 0.000000105. The van der Waals surface area contributed by atoms with Crippen LogP contribution in [0.15, 0.2) is 309 Å². The fourth-order valence-electron chi connectivity index (χ4n) is 26.0. The number of pyridine rings is 4. The Labute approximate surface area is 801 Å². The van der Waals surface area contributed by atoms with Gasteiger partial charge in [0.2, 0.25) is 22.8 Å². The first-order chi connectivity index (χ1) is 65.3. The van der Waals surface area contributed by atoms with Crippen LogP contribution in [0.25, 0.3) is 177 Å². The van der Waals surface area contributed by atoms with E-state index < -0.39 is 0 Å². The van der Waals surface area contributed by atoms with Crippen LogP contribution in [0.1, 0.15) is 201 Å². The number of rotatable bonds is 10. The topological polar surface area (TPSA) is 68.1 Å².